The Labute approximate surface area is 146 Å². The van der Waals surface area contributed by atoms with Gasteiger partial charge in [0.2, 0.25) is 0 Å². The van der Waals surface area contributed by atoms with Crippen LogP contribution in [0, 0.1) is 0 Å². The molecule has 124 valence electrons. The molecule has 0 bridgehead atoms. The highest BCUT2D eigenvalue weighted by atomic mass is 35.5. The molecule has 0 aliphatic carbocycles. The van der Waals surface area contributed by atoms with Gasteiger partial charge in [0.25, 0.3) is 0 Å². The second-order valence-corrected chi connectivity index (χ2v) is 5.97. The van der Waals surface area contributed by atoms with Crippen LogP contribution in [-0.2, 0) is 13.0 Å². The van der Waals surface area contributed by atoms with Crippen LogP contribution in [0.2, 0.25) is 5.02 Å². The summed E-state index contributed by atoms with van der Waals surface area (Å²) in [6.45, 7) is 0.900. The summed E-state index contributed by atoms with van der Waals surface area (Å²) >= 11 is 6.12. The smallest absolute Gasteiger partial charge is 0.146 e. The lowest BCUT2D eigenvalue weighted by Crippen LogP contribution is -1.99. The number of nitrogens with zero attached hydrogens (tertiary/aromatic N) is 3. The predicted octanol–water partition coefficient (Wildman–Crippen LogP) is 4.33. The lowest BCUT2D eigenvalue weighted by atomic mass is 10.1. The zero-order chi connectivity index (χ0) is 16.8. The van der Waals surface area contributed by atoms with Crippen molar-refractivity contribution in [1.82, 2.24) is 15.0 Å². The number of benzene rings is 2. The third-order valence-corrected chi connectivity index (χ3v) is 3.98. The van der Waals surface area contributed by atoms with Crippen LogP contribution in [0.25, 0.3) is 0 Å². The van der Waals surface area contributed by atoms with Crippen LogP contribution < -0.4 is 10.5 Å². The quantitative estimate of drug-likeness (QED) is 0.512. The standard InChI is InChI=1S/C18H19ClN4O/c19-17-13-15(20)6-9-18(17)24-16-7-4-14(5-8-16)3-1-2-11-23-12-10-21-22-23/h4-10,12-13H,1-3,11,20H2. The molecule has 0 spiro atoms. The van der Waals surface area contributed by atoms with Gasteiger partial charge in [-0.3, -0.25) is 4.68 Å². The van der Waals surface area contributed by atoms with Gasteiger partial charge in [-0.15, -0.1) is 5.10 Å². The minimum atomic E-state index is 0.507. The molecule has 0 saturated carbocycles. The van der Waals surface area contributed by atoms with Crippen molar-refractivity contribution in [3.63, 3.8) is 0 Å². The number of nitrogens with two attached hydrogens (primary N) is 1. The fourth-order valence-corrected chi connectivity index (χ4v) is 2.63. The molecule has 0 radical (unpaired) electrons. The van der Waals surface area contributed by atoms with E-state index in [2.05, 4.69) is 22.4 Å². The van der Waals surface area contributed by atoms with Gasteiger partial charge in [0.15, 0.2) is 0 Å². The summed E-state index contributed by atoms with van der Waals surface area (Å²) in [7, 11) is 0. The normalized spacial score (nSPS) is 10.7. The minimum Gasteiger partial charge on any atom is -0.456 e. The Kier molecular flexibility index (Phi) is 5.33. The third kappa shape index (κ3) is 4.49. The molecule has 1 aromatic heterocycles. The Balaban J connectivity index is 1.49. The average Bonchev–Trinajstić information content (AvgIpc) is 3.09. The first-order valence-corrected chi connectivity index (χ1v) is 8.24. The van der Waals surface area contributed by atoms with Crippen LogP contribution >= 0.6 is 11.6 Å². The molecule has 2 N–H and O–H groups in total. The molecule has 3 aromatic rings. The molecule has 0 fully saturated rings. The van der Waals surface area contributed by atoms with Crippen LogP contribution in [0.3, 0.4) is 0 Å². The molecule has 3 rings (SSSR count). The molecular weight excluding hydrogens is 324 g/mol. The van der Waals surface area contributed by atoms with Gasteiger partial charge in [-0.05, 0) is 55.2 Å². The second-order valence-electron chi connectivity index (χ2n) is 5.56. The van der Waals surface area contributed by atoms with Crippen molar-refractivity contribution in [2.75, 3.05) is 5.73 Å². The summed E-state index contributed by atoms with van der Waals surface area (Å²) in [5.41, 5.74) is 7.58. The number of nitrogen functional groups attached to an aromatic ring is 1. The predicted molar refractivity (Wildman–Crippen MR) is 95.3 cm³/mol. The van der Waals surface area contributed by atoms with E-state index in [1.807, 2.05) is 23.0 Å². The molecule has 5 nitrogen and oxygen atoms in total. The number of hydrogen-bond donors (Lipinski definition) is 1. The Morgan fingerprint density at radius 2 is 1.92 bits per heavy atom. The molecule has 0 atom stereocenters. The van der Waals surface area contributed by atoms with Gasteiger partial charge in [-0.1, -0.05) is 28.9 Å². The highest BCUT2D eigenvalue weighted by Gasteiger charge is 2.04. The van der Waals surface area contributed by atoms with E-state index in [9.17, 15) is 0 Å². The van der Waals surface area contributed by atoms with Crippen molar-refractivity contribution in [3.8, 4) is 11.5 Å². The summed E-state index contributed by atoms with van der Waals surface area (Å²) in [5.74, 6) is 1.36. The number of ether oxygens (including phenoxy) is 1. The molecular formula is C18H19ClN4O. The van der Waals surface area contributed by atoms with Gasteiger partial charge in [0.05, 0.1) is 11.2 Å². The number of anilines is 1. The molecule has 2 aromatic carbocycles. The summed E-state index contributed by atoms with van der Waals surface area (Å²) in [5, 5.41) is 8.26. The van der Waals surface area contributed by atoms with E-state index < -0.39 is 0 Å². The summed E-state index contributed by atoms with van der Waals surface area (Å²) in [6.07, 6.45) is 6.78. The number of aryl methyl sites for hydroxylation is 2. The number of halogens is 1. The molecule has 0 amide bonds. The molecule has 0 unspecified atom stereocenters. The van der Waals surface area contributed by atoms with Crippen LogP contribution in [0.1, 0.15) is 18.4 Å². The van der Waals surface area contributed by atoms with Gasteiger partial charge in [0.1, 0.15) is 11.5 Å². The first-order valence-electron chi connectivity index (χ1n) is 7.86. The van der Waals surface area contributed by atoms with Gasteiger partial charge >= 0.3 is 0 Å². The topological polar surface area (TPSA) is 66.0 Å². The molecule has 1 heterocycles. The SMILES string of the molecule is Nc1ccc(Oc2ccc(CCCCn3ccnn3)cc2)c(Cl)c1. The van der Waals surface area contributed by atoms with Crippen LogP contribution in [0.4, 0.5) is 5.69 Å². The summed E-state index contributed by atoms with van der Waals surface area (Å²) in [6, 6.07) is 13.3. The molecule has 0 aliphatic rings. The average molecular weight is 343 g/mol. The zero-order valence-electron chi connectivity index (χ0n) is 13.2. The Morgan fingerprint density at radius 1 is 1.08 bits per heavy atom. The maximum absolute atomic E-state index is 6.12. The van der Waals surface area contributed by atoms with E-state index in [-0.39, 0.29) is 0 Å². The summed E-state index contributed by atoms with van der Waals surface area (Å²) in [4.78, 5) is 0. The van der Waals surface area contributed by atoms with Crippen LogP contribution in [0.5, 0.6) is 11.5 Å². The van der Waals surface area contributed by atoms with Crippen LogP contribution in [0.15, 0.2) is 54.9 Å². The van der Waals surface area contributed by atoms with E-state index in [1.54, 1.807) is 24.4 Å². The van der Waals surface area contributed by atoms with Gasteiger partial charge in [0, 0.05) is 18.4 Å². The third-order valence-electron chi connectivity index (χ3n) is 3.68. The highest BCUT2D eigenvalue weighted by Crippen LogP contribution is 2.30. The molecule has 24 heavy (non-hydrogen) atoms. The number of unbranched alkanes of at least 4 members (excludes halogenated alkanes) is 1. The maximum atomic E-state index is 6.12. The van der Waals surface area contributed by atoms with Crippen molar-refractivity contribution >= 4 is 17.3 Å². The number of rotatable bonds is 7. The van der Waals surface area contributed by atoms with Crippen LogP contribution in [-0.4, -0.2) is 15.0 Å². The second kappa shape index (κ2) is 7.84. The van der Waals surface area contributed by atoms with E-state index >= 15 is 0 Å². The zero-order valence-corrected chi connectivity index (χ0v) is 14.0. The van der Waals surface area contributed by atoms with Crippen molar-refractivity contribution in [2.45, 2.75) is 25.8 Å². The number of hydrogen-bond acceptors (Lipinski definition) is 4. The molecule has 0 aliphatic heterocycles. The summed E-state index contributed by atoms with van der Waals surface area (Å²) < 4.78 is 7.64. The van der Waals surface area contributed by atoms with E-state index in [0.717, 1.165) is 31.6 Å². The largest absolute Gasteiger partial charge is 0.456 e. The van der Waals surface area contributed by atoms with Gasteiger partial charge in [-0.2, -0.15) is 0 Å². The lowest BCUT2D eigenvalue weighted by molar-refractivity contribution is 0.482. The highest BCUT2D eigenvalue weighted by molar-refractivity contribution is 6.32. The van der Waals surface area contributed by atoms with E-state index in [1.165, 1.54) is 5.56 Å². The van der Waals surface area contributed by atoms with Gasteiger partial charge in [-0.25, -0.2) is 0 Å². The van der Waals surface area contributed by atoms with Gasteiger partial charge < -0.3 is 10.5 Å². The van der Waals surface area contributed by atoms with Crippen molar-refractivity contribution < 1.29 is 4.74 Å². The van der Waals surface area contributed by atoms with Crippen molar-refractivity contribution in [1.29, 1.82) is 0 Å². The first kappa shape index (κ1) is 16.3. The van der Waals surface area contributed by atoms with Crippen molar-refractivity contribution in [2.24, 2.45) is 0 Å². The van der Waals surface area contributed by atoms with E-state index in [0.29, 0.717) is 16.5 Å². The molecule has 6 heteroatoms. The molecule has 0 saturated heterocycles. The van der Waals surface area contributed by atoms with Crippen molar-refractivity contribution in [3.05, 3.63) is 65.4 Å². The fraction of sp³-hybridized carbons (Fsp3) is 0.222. The van der Waals surface area contributed by atoms with E-state index in [4.69, 9.17) is 22.1 Å². The Bertz CT molecular complexity index is 772. The first-order chi connectivity index (χ1) is 11.7. The minimum absolute atomic E-state index is 0.507. The fourth-order valence-electron chi connectivity index (χ4n) is 2.41. The Morgan fingerprint density at radius 3 is 2.62 bits per heavy atom. The lowest BCUT2D eigenvalue weighted by Gasteiger charge is -2.09. The Hall–Kier alpha value is -2.53. The maximum Gasteiger partial charge on any atom is 0.146 e. The number of aromatic nitrogens is 3. The monoisotopic (exact) mass is 342 g/mol.